The van der Waals surface area contributed by atoms with E-state index >= 15 is 0 Å². The van der Waals surface area contributed by atoms with Gasteiger partial charge in [0.1, 0.15) is 0 Å². The number of nitrogens with two attached hydrogens (primary N) is 1. The number of nitrogen functional groups attached to an aromatic ring is 1. The Balaban J connectivity index is 1.56. The molecule has 0 fully saturated rings. The molecule has 1 aliphatic heterocycles. The number of para-hydroxylation sites is 3. The number of anilines is 3. The van der Waals surface area contributed by atoms with Gasteiger partial charge in [0, 0.05) is 18.2 Å². The molecular weight excluding hydrogens is 322 g/mol. The van der Waals surface area contributed by atoms with Crippen molar-refractivity contribution < 1.29 is 9.59 Å². The fraction of sp³-hybridized carbons (Fsp3) is 0.111. The Labute approximate surface area is 144 Å². The quantitative estimate of drug-likeness (QED) is 0.728. The molecule has 0 spiro atoms. The molecule has 1 unspecified atom stereocenters. The van der Waals surface area contributed by atoms with Crippen LogP contribution in [0.15, 0.2) is 65.7 Å². The van der Waals surface area contributed by atoms with Crippen LogP contribution >= 0.6 is 11.8 Å². The minimum atomic E-state index is -0.416. The molecule has 1 atom stereocenters. The first-order valence-corrected chi connectivity index (χ1v) is 8.38. The molecule has 3 rings (SSSR count). The van der Waals surface area contributed by atoms with Gasteiger partial charge in [-0.1, -0.05) is 42.1 Å². The fourth-order valence-electron chi connectivity index (χ4n) is 2.32. The van der Waals surface area contributed by atoms with Gasteiger partial charge in [-0.2, -0.15) is 0 Å². The number of hydrogen-bond acceptors (Lipinski definition) is 5. The van der Waals surface area contributed by atoms with Crippen LogP contribution in [0.4, 0.5) is 17.1 Å². The van der Waals surface area contributed by atoms with E-state index in [0.29, 0.717) is 11.4 Å². The highest BCUT2D eigenvalue weighted by molar-refractivity contribution is 8.05. The molecule has 0 aromatic heterocycles. The van der Waals surface area contributed by atoms with Crippen molar-refractivity contribution >= 4 is 40.5 Å². The molecule has 24 heavy (non-hydrogen) atoms. The van der Waals surface area contributed by atoms with Crippen LogP contribution in [0.25, 0.3) is 0 Å². The summed E-state index contributed by atoms with van der Waals surface area (Å²) in [5, 5.41) is 6.27. The maximum absolute atomic E-state index is 12.2. The SMILES string of the molecule is Nc1ccccc1NC(=O)CC1SC(Nc2ccccc2)=CC1=O. The molecule has 2 aromatic rings. The Morgan fingerprint density at radius 1 is 1.08 bits per heavy atom. The minimum Gasteiger partial charge on any atom is -0.397 e. The zero-order valence-electron chi connectivity index (χ0n) is 12.9. The lowest BCUT2D eigenvalue weighted by Crippen LogP contribution is -2.21. The predicted molar refractivity (Wildman–Crippen MR) is 98.6 cm³/mol. The first kappa shape index (κ1) is 16.1. The highest BCUT2D eigenvalue weighted by Gasteiger charge is 2.28. The summed E-state index contributed by atoms with van der Waals surface area (Å²) in [6.07, 6.45) is 1.65. The monoisotopic (exact) mass is 339 g/mol. The number of ketones is 1. The Hall–Kier alpha value is -2.73. The summed E-state index contributed by atoms with van der Waals surface area (Å²) in [6, 6.07) is 16.6. The van der Waals surface area contributed by atoms with Gasteiger partial charge >= 0.3 is 0 Å². The maximum atomic E-state index is 12.2. The molecular formula is C18H17N3O2S. The van der Waals surface area contributed by atoms with E-state index in [1.165, 1.54) is 11.8 Å². The normalized spacial score (nSPS) is 16.6. The summed E-state index contributed by atoms with van der Waals surface area (Å²) in [5.41, 5.74) is 7.78. The number of allylic oxidation sites excluding steroid dienone is 1. The van der Waals surface area contributed by atoms with Crippen molar-refractivity contribution in [2.45, 2.75) is 11.7 Å². The van der Waals surface area contributed by atoms with Crippen LogP contribution in [-0.4, -0.2) is 16.9 Å². The van der Waals surface area contributed by atoms with Gasteiger partial charge in [0.2, 0.25) is 5.91 Å². The first-order valence-electron chi connectivity index (χ1n) is 7.50. The fourth-order valence-corrected chi connectivity index (χ4v) is 3.41. The zero-order valence-corrected chi connectivity index (χ0v) is 13.7. The zero-order chi connectivity index (χ0) is 16.9. The van der Waals surface area contributed by atoms with Gasteiger partial charge in [-0.3, -0.25) is 9.59 Å². The molecule has 0 aliphatic carbocycles. The number of nitrogens with one attached hydrogen (secondary N) is 2. The summed E-state index contributed by atoms with van der Waals surface area (Å²) >= 11 is 1.37. The van der Waals surface area contributed by atoms with E-state index in [4.69, 9.17) is 5.73 Å². The van der Waals surface area contributed by atoms with Crippen molar-refractivity contribution in [2.75, 3.05) is 16.4 Å². The minimum absolute atomic E-state index is 0.0605. The lowest BCUT2D eigenvalue weighted by atomic mass is 10.2. The molecule has 1 aliphatic rings. The number of amides is 1. The summed E-state index contributed by atoms with van der Waals surface area (Å²) < 4.78 is 0. The van der Waals surface area contributed by atoms with Crippen LogP contribution in [0.2, 0.25) is 0 Å². The number of rotatable bonds is 5. The van der Waals surface area contributed by atoms with Gasteiger partial charge in [0.25, 0.3) is 0 Å². The molecule has 5 nitrogen and oxygen atoms in total. The smallest absolute Gasteiger partial charge is 0.226 e. The van der Waals surface area contributed by atoms with Crippen LogP contribution in [0, 0.1) is 0 Å². The average Bonchev–Trinajstić information content (AvgIpc) is 2.90. The second kappa shape index (κ2) is 7.23. The number of benzene rings is 2. The standard InChI is InChI=1S/C18H17N3O2S/c19-13-8-4-5-9-14(13)21-17(23)11-16-15(22)10-18(24-16)20-12-6-2-1-3-7-12/h1-10,16,20H,11,19H2,(H,21,23). The Morgan fingerprint density at radius 2 is 1.79 bits per heavy atom. The van der Waals surface area contributed by atoms with Gasteiger partial charge in [0.05, 0.1) is 21.7 Å². The van der Waals surface area contributed by atoms with Crippen molar-refractivity contribution in [3.63, 3.8) is 0 Å². The van der Waals surface area contributed by atoms with Crippen LogP contribution in [0.1, 0.15) is 6.42 Å². The molecule has 0 saturated heterocycles. The molecule has 0 saturated carbocycles. The largest absolute Gasteiger partial charge is 0.397 e. The van der Waals surface area contributed by atoms with Crippen molar-refractivity contribution in [1.29, 1.82) is 0 Å². The molecule has 122 valence electrons. The number of carbonyl (C=O) groups excluding carboxylic acids is 2. The molecule has 0 bridgehead atoms. The maximum Gasteiger partial charge on any atom is 0.226 e. The first-order chi connectivity index (χ1) is 11.6. The summed E-state index contributed by atoms with van der Waals surface area (Å²) in [7, 11) is 0. The average molecular weight is 339 g/mol. The highest BCUT2D eigenvalue weighted by atomic mass is 32.2. The van der Waals surface area contributed by atoms with Crippen molar-refractivity contribution in [3.8, 4) is 0 Å². The molecule has 2 aromatic carbocycles. The van der Waals surface area contributed by atoms with Crippen molar-refractivity contribution in [3.05, 3.63) is 65.7 Å². The lowest BCUT2D eigenvalue weighted by molar-refractivity contribution is -0.119. The second-order valence-corrected chi connectivity index (χ2v) is 6.59. The van der Waals surface area contributed by atoms with E-state index in [0.717, 1.165) is 10.7 Å². The van der Waals surface area contributed by atoms with E-state index in [1.54, 1.807) is 30.3 Å². The van der Waals surface area contributed by atoms with E-state index in [-0.39, 0.29) is 18.1 Å². The van der Waals surface area contributed by atoms with E-state index in [9.17, 15) is 9.59 Å². The van der Waals surface area contributed by atoms with Gasteiger partial charge < -0.3 is 16.4 Å². The van der Waals surface area contributed by atoms with Crippen LogP contribution in [-0.2, 0) is 9.59 Å². The van der Waals surface area contributed by atoms with Gasteiger partial charge in [0.15, 0.2) is 5.78 Å². The van der Waals surface area contributed by atoms with E-state index in [2.05, 4.69) is 10.6 Å². The third kappa shape index (κ3) is 3.97. The van der Waals surface area contributed by atoms with Crippen molar-refractivity contribution in [2.24, 2.45) is 0 Å². The summed E-state index contributed by atoms with van der Waals surface area (Å²) in [5.74, 6) is -0.289. The molecule has 1 heterocycles. The lowest BCUT2D eigenvalue weighted by Gasteiger charge is -2.11. The van der Waals surface area contributed by atoms with Crippen molar-refractivity contribution in [1.82, 2.24) is 0 Å². The van der Waals surface area contributed by atoms with E-state index in [1.807, 2.05) is 30.3 Å². The third-order valence-corrected chi connectivity index (χ3v) is 4.66. The Morgan fingerprint density at radius 3 is 2.54 bits per heavy atom. The third-order valence-electron chi connectivity index (χ3n) is 3.51. The van der Waals surface area contributed by atoms with Crippen LogP contribution < -0.4 is 16.4 Å². The summed E-state index contributed by atoms with van der Waals surface area (Å²) in [4.78, 5) is 24.2. The van der Waals surface area contributed by atoms with Gasteiger partial charge in [-0.25, -0.2) is 0 Å². The molecule has 1 amide bonds. The van der Waals surface area contributed by atoms with Crippen LogP contribution in [0.3, 0.4) is 0 Å². The van der Waals surface area contributed by atoms with Crippen LogP contribution in [0.5, 0.6) is 0 Å². The number of thioether (sulfide) groups is 1. The van der Waals surface area contributed by atoms with Gasteiger partial charge in [-0.05, 0) is 24.3 Å². The molecule has 6 heteroatoms. The number of hydrogen-bond donors (Lipinski definition) is 3. The highest BCUT2D eigenvalue weighted by Crippen LogP contribution is 2.33. The second-order valence-electron chi connectivity index (χ2n) is 5.35. The Kier molecular flexibility index (Phi) is 4.86. The van der Waals surface area contributed by atoms with E-state index < -0.39 is 5.25 Å². The summed E-state index contributed by atoms with van der Waals surface area (Å²) in [6.45, 7) is 0. The molecule has 0 radical (unpaired) electrons. The van der Waals surface area contributed by atoms with Gasteiger partial charge in [-0.15, -0.1) is 0 Å². The predicted octanol–water partition coefficient (Wildman–Crippen LogP) is 3.24. The topological polar surface area (TPSA) is 84.2 Å². The molecule has 4 N–H and O–H groups in total. The number of carbonyl (C=O) groups is 2. The Bertz CT molecular complexity index is 790.